The Bertz CT molecular complexity index is 1140. The highest BCUT2D eigenvalue weighted by atomic mass is 32.2. The molecule has 29 heavy (non-hydrogen) atoms. The van der Waals surface area contributed by atoms with Crippen molar-refractivity contribution in [3.8, 4) is 0 Å². The van der Waals surface area contributed by atoms with Crippen molar-refractivity contribution in [1.82, 2.24) is 20.1 Å². The van der Waals surface area contributed by atoms with Gasteiger partial charge in [-0.3, -0.25) is 4.79 Å². The molecule has 0 aliphatic rings. The van der Waals surface area contributed by atoms with Crippen molar-refractivity contribution in [1.29, 1.82) is 0 Å². The molecular formula is C20H18FN5O2S. The normalized spacial score (nSPS) is 11.1. The number of hydrogen-bond acceptors (Lipinski definition) is 6. The van der Waals surface area contributed by atoms with Crippen LogP contribution in [0.5, 0.6) is 0 Å². The number of benzene rings is 2. The highest BCUT2D eigenvalue weighted by Gasteiger charge is 2.11. The number of anilines is 1. The molecule has 4 aromatic rings. The van der Waals surface area contributed by atoms with Crippen LogP contribution >= 0.6 is 11.8 Å². The lowest BCUT2D eigenvalue weighted by Gasteiger charge is -2.03. The number of H-pyrrole nitrogens is 1. The third-order valence-corrected chi connectivity index (χ3v) is 5.03. The van der Waals surface area contributed by atoms with Crippen molar-refractivity contribution in [2.45, 2.75) is 30.7 Å². The van der Waals surface area contributed by atoms with Crippen LogP contribution in [-0.2, 0) is 17.0 Å². The lowest BCUT2D eigenvalue weighted by atomic mass is 10.2. The van der Waals surface area contributed by atoms with E-state index in [1.165, 1.54) is 41.6 Å². The van der Waals surface area contributed by atoms with Gasteiger partial charge in [0.2, 0.25) is 11.8 Å². The Morgan fingerprint density at radius 3 is 2.86 bits per heavy atom. The van der Waals surface area contributed by atoms with Gasteiger partial charge in [0.05, 0.1) is 16.8 Å². The first-order valence-corrected chi connectivity index (χ1v) is 10.00. The third-order valence-electron chi connectivity index (χ3n) is 4.16. The molecule has 0 radical (unpaired) electrons. The second kappa shape index (κ2) is 8.44. The van der Waals surface area contributed by atoms with Crippen LogP contribution in [0.1, 0.15) is 23.7 Å². The summed E-state index contributed by atoms with van der Waals surface area (Å²) in [5.41, 5.74) is 3.62. The summed E-state index contributed by atoms with van der Waals surface area (Å²) in [4.78, 5) is 24.1. The van der Waals surface area contributed by atoms with Gasteiger partial charge >= 0.3 is 0 Å². The molecule has 2 aromatic carbocycles. The molecule has 0 fully saturated rings. The molecule has 2 aromatic heterocycles. The lowest BCUT2D eigenvalue weighted by molar-refractivity contribution is -0.116. The molecule has 148 valence electrons. The summed E-state index contributed by atoms with van der Waals surface area (Å²) in [5.74, 6) is 0.889. The summed E-state index contributed by atoms with van der Waals surface area (Å²) in [6.07, 6.45) is 0.518. The molecule has 0 saturated heterocycles. The Morgan fingerprint density at radius 1 is 1.21 bits per heavy atom. The Balaban J connectivity index is 1.27. The van der Waals surface area contributed by atoms with Gasteiger partial charge in [-0.1, -0.05) is 23.0 Å². The number of nitrogens with zero attached hydrogens (tertiary/aromatic N) is 3. The van der Waals surface area contributed by atoms with Crippen LogP contribution in [0, 0.1) is 12.7 Å². The number of halogens is 1. The van der Waals surface area contributed by atoms with E-state index in [2.05, 4.69) is 31.5 Å². The monoisotopic (exact) mass is 411 g/mol. The lowest BCUT2D eigenvalue weighted by Crippen LogP contribution is -2.12. The van der Waals surface area contributed by atoms with E-state index in [0.717, 1.165) is 16.2 Å². The van der Waals surface area contributed by atoms with Gasteiger partial charge in [0.25, 0.3) is 0 Å². The standard InChI is InChI=1S/C20H18FN5O2S/c1-12-2-7-15-16(10-12)24-20(23-15)29-11-17-25-19(28-26-17)9-8-18(27)22-14-5-3-13(21)4-6-14/h2-7,10H,8-9,11H2,1H3,(H,22,27)(H,23,24). The first-order chi connectivity index (χ1) is 14.0. The maximum atomic E-state index is 12.9. The Hall–Kier alpha value is -3.20. The Kier molecular flexibility index (Phi) is 5.57. The molecule has 0 aliphatic carbocycles. The molecule has 0 atom stereocenters. The largest absolute Gasteiger partial charge is 0.339 e. The number of thioether (sulfide) groups is 1. The highest BCUT2D eigenvalue weighted by molar-refractivity contribution is 7.98. The molecule has 2 N–H and O–H groups in total. The van der Waals surface area contributed by atoms with Gasteiger partial charge in [-0.2, -0.15) is 4.98 Å². The molecule has 0 spiro atoms. The highest BCUT2D eigenvalue weighted by Crippen LogP contribution is 2.23. The van der Waals surface area contributed by atoms with Crippen LogP contribution < -0.4 is 5.32 Å². The number of hydrogen-bond donors (Lipinski definition) is 2. The summed E-state index contributed by atoms with van der Waals surface area (Å²) in [5, 5.41) is 7.43. The summed E-state index contributed by atoms with van der Waals surface area (Å²) >= 11 is 1.48. The van der Waals surface area contributed by atoms with Crippen molar-refractivity contribution < 1.29 is 13.7 Å². The van der Waals surface area contributed by atoms with Gasteiger partial charge in [-0.25, -0.2) is 9.37 Å². The number of aryl methyl sites for hydroxylation is 2. The van der Waals surface area contributed by atoms with Crippen LogP contribution in [0.3, 0.4) is 0 Å². The van der Waals surface area contributed by atoms with E-state index < -0.39 is 0 Å². The minimum atomic E-state index is -0.350. The number of rotatable bonds is 7. The quantitative estimate of drug-likeness (QED) is 0.441. The fraction of sp³-hybridized carbons (Fsp3) is 0.200. The Labute approximate surface area is 170 Å². The number of amides is 1. The zero-order chi connectivity index (χ0) is 20.2. The van der Waals surface area contributed by atoms with Crippen molar-refractivity contribution in [3.05, 3.63) is 65.6 Å². The maximum Gasteiger partial charge on any atom is 0.227 e. The second-order valence-corrected chi connectivity index (χ2v) is 7.47. The van der Waals surface area contributed by atoms with Gasteiger partial charge < -0.3 is 14.8 Å². The third kappa shape index (κ3) is 5.00. The molecule has 1 amide bonds. The number of aromatic nitrogens is 4. The molecular weight excluding hydrogens is 393 g/mol. The fourth-order valence-electron chi connectivity index (χ4n) is 2.73. The first-order valence-electron chi connectivity index (χ1n) is 9.01. The number of nitrogens with one attached hydrogen (secondary N) is 2. The molecule has 9 heteroatoms. The molecule has 0 aliphatic heterocycles. The predicted molar refractivity (Wildman–Crippen MR) is 108 cm³/mol. The van der Waals surface area contributed by atoms with Crippen molar-refractivity contribution in [2.75, 3.05) is 5.32 Å². The van der Waals surface area contributed by atoms with Gasteiger partial charge in [0.1, 0.15) is 5.82 Å². The molecule has 0 unspecified atom stereocenters. The van der Waals surface area contributed by atoms with Crippen LogP contribution in [-0.4, -0.2) is 26.0 Å². The number of imidazole rings is 1. The minimum absolute atomic E-state index is 0.190. The van der Waals surface area contributed by atoms with E-state index in [0.29, 0.717) is 29.6 Å². The van der Waals surface area contributed by atoms with E-state index in [9.17, 15) is 9.18 Å². The molecule has 0 bridgehead atoms. The zero-order valence-electron chi connectivity index (χ0n) is 15.6. The van der Waals surface area contributed by atoms with E-state index in [1.807, 2.05) is 19.1 Å². The van der Waals surface area contributed by atoms with Crippen molar-refractivity contribution >= 4 is 34.4 Å². The molecule has 0 saturated carbocycles. The first kappa shape index (κ1) is 19.1. The van der Waals surface area contributed by atoms with Crippen LogP contribution in [0.2, 0.25) is 0 Å². The van der Waals surface area contributed by atoms with Gasteiger partial charge in [0.15, 0.2) is 11.0 Å². The molecule has 4 rings (SSSR count). The van der Waals surface area contributed by atoms with Crippen LogP contribution in [0.4, 0.5) is 10.1 Å². The summed E-state index contributed by atoms with van der Waals surface area (Å²) in [6.45, 7) is 2.04. The topological polar surface area (TPSA) is 96.7 Å². The van der Waals surface area contributed by atoms with E-state index in [-0.39, 0.29) is 18.1 Å². The van der Waals surface area contributed by atoms with Gasteiger partial charge in [-0.15, -0.1) is 0 Å². The summed E-state index contributed by atoms with van der Waals surface area (Å²) in [7, 11) is 0. The molecule has 7 nitrogen and oxygen atoms in total. The van der Waals surface area contributed by atoms with Gasteiger partial charge in [-0.05, 0) is 48.9 Å². The number of aromatic amines is 1. The maximum absolute atomic E-state index is 12.9. The van der Waals surface area contributed by atoms with Crippen LogP contribution in [0.25, 0.3) is 11.0 Å². The SMILES string of the molecule is Cc1ccc2nc(SCc3noc(CCC(=O)Nc4ccc(F)cc4)n3)[nH]c2c1. The van der Waals surface area contributed by atoms with Crippen LogP contribution in [0.15, 0.2) is 52.1 Å². The second-order valence-electron chi connectivity index (χ2n) is 6.51. The minimum Gasteiger partial charge on any atom is -0.339 e. The van der Waals surface area contributed by atoms with Crippen molar-refractivity contribution in [2.24, 2.45) is 0 Å². The zero-order valence-corrected chi connectivity index (χ0v) is 16.4. The molecule has 2 heterocycles. The average molecular weight is 411 g/mol. The van der Waals surface area contributed by atoms with Gasteiger partial charge in [0, 0.05) is 18.5 Å². The van der Waals surface area contributed by atoms with E-state index >= 15 is 0 Å². The predicted octanol–water partition coefficient (Wildman–Crippen LogP) is 4.26. The smallest absolute Gasteiger partial charge is 0.227 e. The number of carbonyl (C=O) groups excluding carboxylic acids is 1. The van der Waals surface area contributed by atoms with E-state index in [4.69, 9.17) is 4.52 Å². The number of carbonyl (C=O) groups is 1. The Morgan fingerprint density at radius 2 is 2.03 bits per heavy atom. The fourth-order valence-corrected chi connectivity index (χ4v) is 3.46. The summed E-state index contributed by atoms with van der Waals surface area (Å²) < 4.78 is 18.1. The average Bonchev–Trinajstić information content (AvgIpc) is 3.32. The number of fused-ring (bicyclic) bond motifs is 1. The summed E-state index contributed by atoms with van der Waals surface area (Å²) in [6, 6.07) is 11.7. The van der Waals surface area contributed by atoms with Crippen molar-refractivity contribution in [3.63, 3.8) is 0 Å². The van der Waals surface area contributed by atoms with E-state index in [1.54, 1.807) is 0 Å².